The van der Waals surface area contributed by atoms with Gasteiger partial charge in [-0.05, 0) is 30.8 Å². The maximum absolute atomic E-state index is 12.6. The average Bonchev–Trinajstić information content (AvgIpc) is 3.15. The van der Waals surface area contributed by atoms with Crippen LogP contribution in [0.4, 0.5) is 0 Å². The Morgan fingerprint density at radius 1 is 1.52 bits per heavy atom. The molecule has 0 radical (unpaired) electrons. The Labute approximate surface area is 126 Å². The molecule has 8 heteroatoms. The van der Waals surface area contributed by atoms with Crippen LogP contribution < -0.4 is 0 Å². The third-order valence-electron chi connectivity index (χ3n) is 3.70. The summed E-state index contributed by atoms with van der Waals surface area (Å²) in [5.41, 5.74) is 0.780. The lowest BCUT2D eigenvalue weighted by Gasteiger charge is -2.30. The van der Waals surface area contributed by atoms with Crippen molar-refractivity contribution in [1.82, 2.24) is 24.6 Å². The molecule has 1 saturated heterocycles. The molecule has 112 valence electrons. The third-order valence-corrected chi connectivity index (χ3v) is 4.46. The van der Waals surface area contributed by atoms with Gasteiger partial charge in [-0.2, -0.15) is 4.98 Å². The van der Waals surface area contributed by atoms with Gasteiger partial charge in [0.15, 0.2) is 5.82 Å². The minimum Gasteiger partial charge on any atom is -0.340 e. The topological polar surface area (TPSA) is 85.0 Å². The number of carbonyl (C=O) groups excluding carboxylic acids is 1. The minimum absolute atomic E-state index is 0.0202. The maximum Gasteiger partial charge on any atom is 0.267 e. The fourth-order valence-electron chi connectivity index (χ4n) is 2.60. The van der Waals surface area contributed by atoms with Crippen molar-refractivity contribution in [2.75, 3.05) is 13.1 Å². The largest absolute Gasteiger partial charge is 0.340 e. The third kappa shape index (κ3) is 2.80. The van der Waals surface area contributed by atoms with E-state index in [0.29, 0.717) is 23.1 Å². The van der Waals surface area contributed by atoms with E-state index < -0.39 is 0 Å². The first-order valence-electron chi connectivity index (χ1n) is 7.09. The van der Waals surface area contributed by atoms with Gasteiger partial charge in [-0.15, -0.1) is 5.10 Å². The van der Waals surface area contributed by atoms with E-state index in [1.54, 1.807) is 6.92 Å². The lowest BCUT2D eigenvalue weighted by Crippen LogP contribution is -2.39. The Bertz CT molecular complexity index is 638. The Morgan fingerprint density at radius 2 is 2.38 bits per heavy atom. The van der Waals surface area contributed by atoms with Crippen molar-refractivity contribution >= 4 is 17.4 Å². The number of piperidine rings is 1. The summed E-state index contributed by atoms with van der Waals surface area (Å²) in [5.74, 6) is 1.43. The van der Waals surface area contributed by atoms with Gasteiger partial charge in [0.1, 0.15) is 4.88 Å². The van der Waals surface area contributed by atoms with Gasteiger partial charge in [-0.1, -0.05) is 16.6 Å². The lowest BCUT2D eigenvalue weighted by atomic mass is 9.97. The number of hydrogen-bond donors (Lipinski definition) is 0. The molecule has 2 aromatic heterocycles. The van der Waals surface area contributed by atoms with Gasteiger partial charge in [-0.3, -0.25) is 4.79 Å². The van der Waals surface area contributed by atoms with Crippen molar-refractivity contribution < 1.29 is 9.32 Å². The summed E-state index contributed by atoms with van der Waals surface area (Å²) in [6.45, 7) is 5.14. The van der Waals surface area contributed by atoms with E-state index in [4.69, 9.17) is 4.52 Å². The van der Waals surface area contributed by atoms with Crippen LogP contribution in [0.5, 0.6) is 0 Å². The van der Waals surface area contributed by atoms with Crippen LogP contribution in [0.2, 0.25) is 0 Å². The summed E-state index contributed by atoms with van der Waals surface area (Å²) in [6.07, 6.45) is 2.64. The van der Waals surface area contributed by atoms with Gasteiger partial charge in [0.2, 0.25) is 5.89 Å². The first-order valence-corrected chi connectivity index (χ1v) is 7.87. The first-order chi connectivity index (χ1) is 10.2. The fraction of sp³-hybridized carbons (Fsp3) is 0.615. The molecule has 0 N–H and O–H groups in total. The summed E-state index contributed by atoms with van der Waals surface area (Å²) in [6, 6.07) is 0. The molecule has 3 heterocycles. The highest BCUT2D eigenvalue weighted by atomic mass is 32.1. The number of likely N-dealkylation sites (tertiary alicyclic amines) is 1. The van der Waals surface area contributed by atoms with E-state index >= 15 is 0 Å². The number of amides is 1. The summed E-state index contributed by atoms with van der Waals surface area (Å²) in [5, 5.41) is 8.00. The van der Waals surface area contributed by atoms with Gasteiger partial charge in [0.05, 0.1) is 5.69 Å². The quantitative estimate of drug-likeness (QED) is 0.859. The van der Waals surface area contributed by atoms with Crippen molar-refractivity contribution in [2.45, 2.75) is 39.0 Å². The molecular weight excluding hydrogens is 290 g/mol. The van der Waals surface area contributed by atoms with E-state index in [-0.39, 0.29) is 11.8 Å². The molecule has 21 heavy (non-hydrogen) atoms. The summed E-state index contributed by atoms with van der Waals surface area (Å²) >= 11 is 1.17. The molecule has 3 rings (SSSR count). The lowest BCUT2D eigenvalue weighted by molar-refractivity contribution is 0.0707. The van der Waals surface area contributed by atoms with Gasteiger partial charge in [0, 0.05) is 25.9 Å². The van der Waals surface area contributed by atoms with Crippen molar-refractivity contribution in [3.05, 3.63) is 22.3 Å². The second kappa shape index (κ2) is 5.88. The smallest absolute Gasteiger partial charge is 0.267 e. The van der Waals surface area contributed by atoms with Crippen LogP contribution >= 0.6 is 11.5 Å². The number of rotatable bonds is 3. The monoisotopic (exact) mass is 307 g/mol. The fourth-order valence-corrected chi connectivity index (χ4v) is 3.32. The van der Waals surface area contributed by atoms with Crippen molar-refractivity contribution in [3.63, 3.8) is 0 Å². The van der Waals surface area contributed by atoms with Crippen LogP contribution in [-0.2, 0) is 6.42 Å². The molecule has 0 bridgehead atoms. The Morgan fingerprint density at radius 3 is 3.10 bits per heavy atom. The normalized spacial score (nSPS) is 19.0. The second-order valence-electron chi connectivity index (χ2n) is 5.16. The van der Waals surface area contributed by atoms with Crippen LogP contribution in [0.3, 0.4) is 0 Å². The van der Waals surface area contributed by atoms with E-state index in [1.165, 1.54) is 11.5 Å². The summed E-state index contributed by atoms with van der Waals surface area (Å²) in [4.78, 5) is 19.4. The molecule has 1 amide bonds. The Hall–Kier alpha value is -1.83. The van der Waals surface area contributed by atoms with Gasteiger partial charge in [0.25, 0.3) is 5.91 Å². The highest BCUT2D eigenvalue weighted by Crippen LogP contribution is 2.26. The zero-order valence-corrected chi connectivity index (χ0v) is 12.9. The van der Waals surface area contributed by atoms with E-state index in [0.717, 1.165) is 31.5 Å². The van der Waals surface area contributed by atoms with Crippen molar-refractivity contribution in [1.29, 1.82) is 0 Å². The van der Waals surface area contributed by atoms with Gasteiger partial charge < -0.3 is 9.42 Å². The predicted molar refractivity (Wildman–Crippen MR) is 76.2 cm³/mol. The van der Waals surface area contributed by atoms with Gasteiger partial charge in [-0.25, -0.2) is 0 Å². The average molecular weight is 307 g/mol. The molecule has 0 aliphatic carbocycles. The van der Waals surface area contributed by atoms with E-state index in [9.17, 15) is 4.79 Å². The minimum atomic E-state index is 0.0202. The molecule has 7 nitrogen and oxygen atoms in total. The van der Waals surface area contributed by atoms with Crippen molar-refractivity contribution in [3.8, 4) is 0 Å². The molecule has 0 saturated carbocycles. The van der Waals surface area contributed by atoms with Crippen LogP contribution in [0.15, 0.2) is 4.52 Å². The summed E-state index contributed by atoms with van der Waals surface area (Å²) in [7, 11) is 0. The molecule has 0 spiro atoms. The van der Waals surface area contributed by atoms with Crippen LogP contribution in [0, 0.1) is 6.92 Å². The van der Waals surface area contributed by atoms with Crippen LogP contribution in [0.1, 0.15) is 52.8 Å². The molecule has 0 aromatic carbocycles. The molecule has 1 fully saturated rings. The highest BCUT2D eigenvalue weighted by molar-refractivity contribution is 7.08. The zero-order valence-electron chi connectivity index (χ0n) is 12.1. The highest BCUT2D eigenvalue weighted by Gasteiger charge is 2.30. The van der Waals surface area contributed by atoms with Crippen molar-refractivity contribution in [2.24, 2.45) is 0 Å². The zero-order chi connectivity index (χ0) is 14.8. The molecular formula is C13H17N5O2S. The number of aromatic nitrogens is 4. The molecule has 1 aliphatic rings. The maximum atomic E-state index is 12.6. The molecule has 0 unspecified atom stereocenters. The molecule has 2 aromatic rings. The van der Waals surface area contributed by atoms with Crippen LogP contribution in [-0.4, -0.2) is 43.6 Å². The summed E-state index contributed by atoms with van der Waals surface area (Å²) < 4.78 is 8.93. The predicted octanol–water partition coefficient (Wildman–Crippen LogP) is 1.81. The first kappa shape index (κ1) is 14.1. The SMILES string of the molecule is CCc1nnsc1C(=O)N1CCC[C@@H](c2noc(C)n2)C1. The van der Waals surface area contributed by atoms with E-state index in [1.807, 2.05) is 11.8 Å². The van der Waals surface area contributed by atoms with Crippen LogP contribution in [0.25, 0.3) is 0 Å². The molecule has 1 aliphatic heterocycles. The number of carbonyl (C=O) groups is 1. The van der Waals surface area contributed by atoms with E-state index in [2.05, 4.69) is 19.7 Å². The Balaban J connectivity index is 1.75. The number of hydrogen-bond acceptors (Lipinski definition) is 7. The number of aryl methyl sites for hydroxylation is 2. The Kier molecular flexibility index (Phi) is 3.96. The van der Waals surface area contributed by atoms with Gasteiger partial charge >= 0.3 is 0 Å². The molecule has 1 atom stereocenters. The standard InChI is InChI=1S/C13H17N5O2S/c1-3-10-11(21-17-15-10)13(19)18-6-4-5-9(7-18)12-14-8(2)20-16-12/h9H,3-7H2,1-2H3/t9-/m1/s1. The second-order valence-corrected chi connectivity index (χ2v) is 5.92. The number of nitrogens with zero attached hydrogens (tertiary/aromatic N) is 5.